The van der Waals surface area contributed by atoms with Crippen LogP contribution >= 0.6 is 0 Å². The van der Waals surface area contributed by atoms with Gasteiger partial charge in [0.25, 0.3) is 0 Å². The molecule has 0 fully saturated rings. The van der Waals surface area contributed by atoms with E-state index in [1.54, 1.807) is 0 Å². The van der Waals surface area contributed by atoms with E-state index >= 15 is 0 Å². The van der Waals surface area contributed by atoms with Crippen molar-refractivity contribution < 1.29 is 52.5 Å². The summed E-state index contributed by atoms with van der Waals surface area (Å²) in [5.41, 5.74) is 0. The number of rotatable bonds is 28. The van der Waals surface area contributed by atoms with Crippen LogP contribution in [-0.4, -0.2) is 130 Å². The number of carbonyl (C=O) groups excluding carboxylic acids is 1. The van der Waals surface area contributed by atoms with E-state index in [-0.39, 0.29) is 25.1 Å². The molecule has 0 radical (unpaired) electrons. The quantitative estimate of drug-likeness (QED) is 0.121. The van der Waals surface area contributed by atoms with Crippen LogP contribution < -0.4 is 0 Å². The zero-order valence-electron chi connectivity index (χ0n) is 21.0. The van der Waals surface area contributed by atoms with Crippen molar-refractivity contribution in [1.82, 2.24) is 0 Å². The molecule has 0 aromatic heterocycles. The Labute approximate surface area is 204 Å². The second-order valence-electron chi connectivity index (χ2n) is 7.10. The fraction of sp³-hybridized carbons (Fsp3) is 0.957. The van der Waals surface area contributed by atoms with Crippen molar-refractivity contribution in [3.8, 4) is 0 Å². The largest absolute Gasteiger partial charge is 0.463 e. The second kappa shape index (κ2) is 28.3. The van der Waals surface area contributed by atoms with Gasteiger partial charge in [-0.25, -0.2) is 0 Å². The topological polar surface area (TPSA) is 120 Å². The van der Waals surface area contributed by atoms with Gasteiger partial charge < -0.3 is 47.7 Å². The van der Waals surface area contributed by atoms with Crippen LogP contribution in [0.15, 0.2) is 0 Å². The molecule has 0 amide bonds. The van der Waals surface area contributed by atoms with E-state index in [1.807, 2.05) is 13.8 Å². The lowest BCUT2D eigenvalue weighted by atomic mass is 10.1. The van der Waals surface area contributed by atoms with E-state index in [2.05, 4.69) is 0 Å². The van der Waals surface area contributed by atoms with Crippen LogP contribution in [0.1, 0.15) is 20.3 Å². The van der Waals surface area contributed by atoms with Gasteiger partial charge in [0, 0.05) is 0 Å². The highest BCUT2D eigenvalue weighted by Gasteiger charge is 2.11. The molecule has 1 unspecified atom stereocenters. The first-order valence-corrected chi connectivity index (χ1v) is 12.1. The molecule has 1 atom stereocenters. The number of ether oxygens (including phenoxy) is 9. The lowest BCUT2D eigenvalue weighted by molar-refractivity contribution is -0.149. The van der Waals surface area contributed by atoms with Gasteiger partial charge in [-0.3, -0.25) is 4.79 Å². The average Bonchev–Trinajstić information content (AvgIpc) is 2.85. The molecule has 0 aliphatic carbocycles. The van der Waals surface area contributed by atoms with E-state index in [0.29, 0.717) is 106 Å². The van der Waals surface area contributed by atoms with Gasteiger partial charge in [-0.05, 0) is 6.42 Å². The Hall–Kier alpha value is -0.890. The molecular formula is C23H46O11. The summed E-state index contributed by atoms with van der Waals surface area (Å²) in [6.07, 6.45) is 0.773. The first-order chi connectivity index (χ1) is 16.7. The van der Waals surface area contributed by atoms with Gasteiger partial charge in [0.15, 0.2) is 0 Å². The minimum Gasteiger partial charge on any atom is -0.463 e. The van der Waals surface area contributed by atoms with Crippen molar-refractivity contribution >= 4 is 5.97 Å². The van der Waals surface area contributed by atoms with Crippen molar-refractivity contribution in [2.75, 3.05) is 119 Å². The normalized spacial score (nSPS) is 12.2. The third kappa shape index (κ3) is 25.7. The van der Waals surface area contributed by atoms with E-state index < -0.39 is 0 Å². The number of hydrogen-bond acceptors (Lipinski definition) is 11. The molecule has 0 bridgehead atoms. The first-order valence-electron chi connectivity index (χ1n) is 12.1. The molecule has 11 nitrogen and oxygen atoms in total. The molecule has 0 saturated heterocycles. The lowest BCUT2D eigenvalue weighted by Crippen LogP contribution is -2.18. The van der Waals surface area contributed by atoms with Crippen molar-refractivity contribution in [3.63, 3.8) is 0 Å². The number of carbonyl (C=O) groups is 1. The predicted molar refractivity (Wildman–Crippen MR) is 124 cm³/mol. The van der Waals surface area contributed by atoms with Gasteiger partial charge in [0.05, 0.1) is 118 Å². The predicted octanol–water partition coefficient (Wildman–Crippen LogP) is 0.701. The minimum absolute atomic E-state index is 0.0252. The van der Waals surface area contributed by atoms with Gasteiger partial charge in [-0.1, -0.05) is 13.8 Å². The van der Waals surface area contributed by atoms with Crippen LogP contribution in [-0.2, 0) is 47.4 Å². The van der Waals surface area contributed by atoms with E-state index in [1.165, 1.54) is 0 Å². The van der Waals surface area contributed by atoms with Crippen LogP contribution in [0.2, 0.25) is 0 Å². The Morgan fingerprint density at radius 1 is 0.529 bits per heavy atom. The zero-order valence-corrected chi connectivity index (χ0v) is 21.0. The Bertz CT molecular complexity index is 412. The molecule has 0 aliphatic heterocycles. The van der Waals surface area contributed by atoms with Crippen molar-refractivity contribution in [2.24, 2.45) is 5.92 Å². The summed E-state index contributed by atoms with van der Waals surface area (Å²) in [6, 6.07) is 0. The molecule has 34 heavy (non-hydrogen) atoms. The number of aliphatic hydroxyl groups excluding tert-OH is 1. The zero-order chi connectivity index (χ0) is 25.0. The molecule has 11 heteroatoms. The SMILES string of the molecule is CCC(C)C(=O)OCCOCCOCCOCCOCCOCCOCCOCCOCCO. The van der Waals surface area contributed by atoms with Crippen LogP contribution in [0.5, 0.6) is 0 Å². The smallest absolute Gasteiger partial charge is 0.308 e. The van der Waals surface area contributed by atoms with Crippen molar-refractivity contribution in [2.45, 2.75) is 20.3 Å². The van der Waals surface area contributed by atoms with Crippen LogP contribution in [0.3, 0.4) is 0 Å². The third-order valence-electron chi connectivity index (χ3n) is 4.33. The highest BCUT2D eigenvalue weighted by atomic mass is 16.6. The summed E-state index contributed by atoms with van der Waals surface area (Å²) in [4.78, 5) is 11.5. The first kappa shape index (κ1) is 33.1. The molecule has 0 spiro atoms. The Kier molecular flexibility index (Phi) is 27.6. The van der Waals surface area contributed by atoms with Crippen molar-refractivity contribution in [3.05, 3.63) is 0 Å². The maximum absolute atomic E-state index is 11.5. The molecular weight excluding hydrogens is 452 g/mol. The number of aliphatic hydroxyl groups is 1. The van der Waals surface area contributed by atoms with Gasteiger partial charge in [0.2, 0.25) is 0 Å². The van der Waals surface area contributed by atoms with Crippen LogP contribution in [0, 0.1) is 5.92 Å². The highest BCUT2D eigenvalue weighted by molar-refractivity contribution is 5.71. The van der Waals surface area contributed by atoms with Gasteiger partial charge in [-0.2, -0.15) is 0 Å². The average molecular weight is 499 g/mol. The van der Waals surface area contributed by atoms with Gasteiger partial charge in [0.1, 0.15) is 6.61 Å². The highest BCUT2D eigenvalue weighted by Crippen LogP contribution is 2.02. The fourth-order valence-corrected chi connectivity index (χ4v) is 2.22. The summed E-state index contributed by atoms with van der Waals surface area (Å²) in [5, 5.41) is 8.55. The van der Waals surface area contributed by atoms with E-state index in [0.717, 1.165) is 6.42 Å². The second-order valence-corrected chi connectivity index (χ2v) is 7.10. The lowest BCUT2D eigenvalue weighted by Gasteiger charge is -2.10. The molecule has 1 N–H and O–H groups in total. The van der Waals surface area contributed by atoms with E-state index in [4.69, 9.17) is 47.7 Å². The Morgan fingerprint density at radius 2 is 0.794 bits per heavy atom. The molecule has 0 aliphatic rings. The molecule has 0 saturated carbocycles. The summed E-state index contributed by atoms with van der Waals surface area (Å²) in [6.45, 7) is 11.7. The molecule has 0 aromatic carbocycles. The van der Waals surface area contributed by atoms with Crippen LogP contribution in [0.25, 0.3) is 0 Å². The number of esters is 1. The maximum atomic E-state index is 11.5. The van der Waals surface area contributed by atoms with Gasteiger partial charge in [-0.15, -0.1) is 0 Å². The van der Waals surface area contributed by atoms with Crippen LogP contribution in [0.4, 0.5) is 0 Å². The van der Waals surface area contributed by atoms with Crippen molar-refractivity contribution in [1.29, 1.82) is 0 Å². The van der Waals surface area contributed by atoms with E-state index in [9.17, 15) is 4.79 Å². The standard InChI is InChI=1S/C23H46O11/c1-3-22(2)23(25)34-21-20-33-19-18-32-17-16-31-15-14-30-13-12-29-11-10-28-9-8-27-7-6-26-5-4-24/h22,24H,3-21H2,1-2H3. The third-order valence-corrected chi connectivity index (χ3v) is 4.33. The summed E-state index contributed by atoms with van der Waals surface area (Å²) in [7, 11) is 0. The monoisotopic (exact) mass is 498 g/mol. The molecule has 0 aromatic rings. The Morgan fingerprint density at radius 3 is 1.06 bits per heavy atom. The number of hydrogen-bond donors (Lipinski definition) is 1. The summed E-state index contributed by atoms with van der Waals surface area (Å²) >= 11 is 0. The maximum Gasteiger partial charge on any atom is 0.308 e. The summed E-state index contributed by atoms with van der Waals surface area (Å²) < 4.78 is 47.8. The minimum atomic E-state index is -0.183. The molecule has 0 rings (SSSR count). The Balaban J connectivity index is 3.07. The van der Waals surface area contributed by atoms with Gasteiger partial charge >= 0.3 is 5.97 Å². The fourth-order valence-electron chi connectivity index (χ4n) is 2.22. The molecule has 204 valence electrons. The summed E-state index contributed by atoms with van der Waals surface area (Å²) in [5.74, 6) is -0.252. The molecule has 0 heterocycles.